The van der Waals surface area contributed by atoms with Crippen molar-refractivity contribution in [1.82, 2.24) is 5.32 Å². The standard InChI is InChI=1S/C19H20BrNO/c20-18-8-4-3-6-15(18)10-12-19(22)21-17-11-9-14-5-1-2-7-16(14)13-17/h1-8,17H,9-13H2,(H,21,22). The van der Waals surface area contributed by atoms with Gasteiger partial charge in [0.1, 0.15) is 0 Å². The minimum Gasteiger partial charge on any atom is -0.353 e. The van der Waals surface area contributed by atoms with Crippen molar-refractivity contribution < 1.29 is 4.79 Å². The highest BCUT2D eigenvalue weighted by Crippen LogP contribution is 2.21. The summed E-state index contributed by atoms with van der Waals surface area (Å²) in [7, 11) is 0. The second kappa shape index (κ2) is 7.10. The number of rotatable bonds is 4. The molecule has 1 atom stereocenters. The molecule has 0 spiro atoms. The largest absolute Gasteiger partial charge is 0.353 e. The summed E-state index contributed by atoms with van der Waals surface area (Å²) < 4.78 is 1.08. The first-order valence-corrected chi connectivity index (χ1v) is 8.61. The third-order valence-corrected chi connectivity index (χ3v) is 5.06. The van der Waals surface area contributed by atoms with Gasteiger partial charge in [-0.15, -0.1) is 0 Å². The van der Waals surface area contributed by atoms with Gasteiger partial charge in [0, 0.05) is 16.9 Å². The molecule has 3 heteroatoms. The van der Waals surface area contributed by atoms with Gasteiger partial charge in [-0.2, -0.15) is 0 Å². The van der Waals surface area contributed by atoms with Crippen LogP contribution in [0.4, 0.5) is 0 Å². The highest BCUT2D eigenvalue weighted by molar-refractivity contribution is 9.10. The molecule has 1 aliphatic carbocycles. The van der Waals surface area contributed by atoms with Crippen molar-refractivity contribution in [3.8, 4) is 0 Å². The zero-order valence-corrected chi connectivity index (χ0v) is 14.1. The topological polar surface area (TPSA) is 29.1 Å². The van der Waals surface area contributed by atoms with E-state index in [-0.39, 0.29) is 11.9 Å². The molecular formula is C19H20BrNO. The number of amides is 1. The summed E-state index contributed by atoms with van der Waals surface area (Å²) in [5, 5.41) is 3.20. The fourth-order valence-electron chi connectivity index (χ4n) is 3.07. The van der Waals surface area contributed by atoms with Crippen molar-refractivity contribution in [2.24, 2.45) is 0 Å². The number of aryl methyl sites for hydroxylation is 2. The molecule has 114 valence electrons. The van der Waals surface area contributed by atoms with Crippen LogP contribution in [0.15, 0.2) is 53.0 Å². The average molecular weight is 358 g/mol. The van der Waals surface area contributed by atoms with Gasteiger partial charge in [0.05, 0.1) is 0 Å². The maximum absolute atomic E-state index is 12.2. The lowest BCUT2D eigenvalue weighted by Gasteiger charge is -2.25. The van der Waals surface area contributed by atoms with Gasteiger partial charge in [-0.05, 0) is 48.4 Å². The molecule has 22 heavy (non-hydrogen) atoms. The minimum absolute atomic E-state index is 0.153. The van der Waals surface area contributed by atoms with E-state index in [1.807, 2.05) is 18.2 Å². The maximum atomic E-state index is 12.2. The lowest BCUT2D eigenvalue weighted by Crippen LogP contribution is -2.38. The highest BCUT2D eigenvalue weighted by Gasteiger charge is 2.19. The smallest absolute Gasteiger partial charge is 0.220 e. The molecule has 0 heterocycles. The number of hydrogen-bond donors (Lipinski definition) is 1. The molecule has 0 aliphatic heterocycles. The number of nitrogens with one attached hydrogen (secondary N) is 1. The number of carbonyl (C=O) groups is 1. The van der Waals surface area contributed by atoms with Crippen molar-refractivity contribution >= 4 is 21.8 Å². The summed E-state index contributed by atoms with van der Waals surface area (Å²) in [5.74, 6) is 0.153. The van der Waals surface area contributed by atoms with Gasteiger partial charge >= 0.3 is 0 Å². The van der Waals surface area contributed by atoms with E-state index in [4.69, 9.17) is 0 Å². The third kappa shape index (κ3) is 3.77. The predicted molar refractivity (Wildman–Crippen MR) is 92.9 cm³/mol. The van der Waals surface area contributed by atoms with Crippen LogP contribution in [-0.4, -0.2) is 11.9 Å². The summed E-state index contributed by atoms with van der Waals surface area (Å²) in [6, 6.07) is 16.9. The van der Waals surface area contributed by atoms with Crippen LogP contribution in [0.1, 0.15) is 29.5 Å². The molecule has 0 radical (unpaired) electrons. The second-order valence-corrected chi connectivity index (χ2v) is 6.72. The molecule has 0 saturated carbocycles. The predicted octanol–water partition coefficient (Wildman–Crippen LogP) is 4.06. The lowest BCUT2D eigenvalue weighted by molar-refractivity contribution is -0.121. The summed E-state index contributed by atoms with van der Waals surface area (Å²) in [5.41, 5.74) is 4.00. The molecule has 0 saturated heterocycles. The number of hydrogen-bond acceptors (Lipinski definition) is 1. The molecule has 1 unspecified atom stereocenters. The van der Waals surface area contributed by atoms with Crippen molar-refractivity contribution in [3.63, 3.8) is 0 Å². The van der Waals surface area contributed by atoms with Crippen LogP contribution < -0.4 is 5.32 Å². The second-order valence-electron chi connectivity index (χ2n) is 5.87. The van der Waals surface area contributed by atoms with Crippen LogP contribution >= 0.6 is 15.9 Å². The summed E-state index contributed by atoms with van der Waals surface area (Å²) in [6.45, 7) is 0. The summed E-state index contributed by atoms with van der Waals surface area (Å²) >= 11 is 3.53. The van der Waals surface area contributed by atoms with Gasteiger partial charge in [-0.25, -0.2) is 0 Å². The fraction of sp³-hybridized carbons (Fsp3) is 0.316. The molecular weight excluding hydrogens is 338 g/mol. The van der Waals surface area contributed by atoms with Crippen molar-refractivity contribution in [2.45, 2.75) is 38.1 Å². The van der Waals surface area contributed by atoms with Gasteiger partial charge in [-0.3, -0.25) is 4.79 Å². The Hall–Kier alpha value is -1.61. The summed E-state index contributed by atoms with van der Waals surface area (Å²) in [4.78, 5) is 12.2. The van der Waals surface area contributed by atoms with Crippen LogP contribution in [0.25, 0.3) is 0 Å². The molecule has 1 N–H and O–H groups in total. The average Bonchev–Trinajstić information content (AvgIpc) is 2.54. The van der Waals surface area contributed by atoms with E-state index in [0.29, 0.717) is 6.42 Å². The molecule has 0 fully saturated rings. The van der Waals surface area contributed by atoms with E-state index in [9.17, 15) is 4.79 Å². The maximum Gasteiger partial charge on any atom is 0.220 e. The fourth-order valence-corrected chi connectivity index (χ4v) is 3.55. The van der Waals surface area contributed by atoms with Gasteiger partial charge < -0.3 is 5.32 Å². The number of carbonyl (C=O) groups excluding carboxylic acids is 1. The van der Waals surface area contributed by atoms with E-state index in [2.05, 4.69) is 51.6 Å². The van der Waals surface area contributed by atoms with Crippen molar-refractivity contribution in [2.75, 3.05) is 0 Å². The van der Waals surface area contributed by atoms with Crippen molar-refractivity contribution in [3.05, 3.63) is 69.7 Å². The number of fused-ring (bicyclic) bond motifs is 1. The monoisotopic (exact) mass is 357 g/mol. The van der Waals surface area contributed by atoms with Gasteiger partial charge in [0.15, 0.2) is 0 Å². The van der Waals surface area contributed by atoms with Gasteiger partial charge in [-0.1, -0.05) is 58.4 Å². The van der Waals surface area contributed by atoms with Crippen LogP contribution in [0, 0.1) is 0 Å². The molecule has 2 aromatic carbocycles. The molecule has 0 bridgehead atoms. The lowest BCUT2D eigenvalue weighted by atomic mass is 9.88. The normalized spacial score (nSPS) is 16.9. The van der Waals surface area contributed by atoms with Crippen LogP contribution in [0.3, 0.4) is 0 Å². The van der Waals surface area contributed by atoms with Crippen LogP contribution in [0.2, 0.25) is 0 Å². The van der Waals surface area contributed by atoms with E-state index in [0.717, 1.165) is 30.2 Å². The minimum atomic E-state index is 0.153. The van der Waals surface area contributed by atoms with Crippen LogP contribution in [-0.2, 0) is 24.1 Å². The summed E-state index contributed by atoms with van der Waals surface area (Å²) in [6.07, 6.45) is 4.37. The Morgan fingerprint density at radius 3 is 2.64 bits per heavy atom. The molecule has 2 nitrogen and oxygen atoms in total. The molecule has 1 amide bonds. The van der Waals surface area contributed by atoms with Crippen LogP contribution in [0.5, 0.6) is 0 Å². The van der Waals surface area contributed by atoms with Gasteiger partial charge in [0.25, 0.3) is 0 Å². The van der Waals surface area contributed by atoms with Crippen molar-refractivity contribution in [1.29, 1.82) is 0 Å². The van der Waals surface area contributed by atoms with E-state index >= 15 is 0 Å². The molecule has 1 aliphatic rings. The Morgan fingerprint density at radius 1 is 1.09 bits per heavy atom. The number of halogens is 1. The quantitative estimate of drug-likeness (QED) is 0.878. The Balaban J connectivity index is 1.52. The van der Waals surface area contributed by atoms with E-state index in [1.165, 1.54) is 16.7 Å². The first-order chi connectivity index (χ1) is 10.7. The Labute approximate surface area is 140 Å². The van der Waals surface area contributed by atoms with E-state index in [1.54, 1.807) is 0 Å². The molecule has 3 rings (SSSR count). The SMILES string of the molecule is O=C(CCc1ccccc1Br)NC1CCc2ccccc2C1. The zero-order chi connectivity index (χ0) is 15.4. The number of benzene rings is 2. The first-order valence-electron chi connectivity index (χ1n) is 7.82. The highest BCUT2D eigenvalue weighted by atomic mass is 79.9. The first kappa shape index (κ1) is 15.3. The zero-order valence-electron chi connectivity index (χ0n) is 12.5. The third-order valence-electron chi connectivity index (χ3n) is 4.29. The Kier molecular flexibility index (Phi) is 4.94. The molecule has 0 aromatic heterocycles. The Bertz CT molecular complexity index is 668. The van der Waals surface area contributed by atoms with E-state index < -0.39 is 0 Å². The van der Waals surface area contributed by atoms with Gasteiger partial charge in [0.2, 0.25) is 5.91 Å². The Morgan fingerprint density at radius 2 is 1.82 bits per heavy atom. The molecule has 2 aromatic rings.